The molecule has 0 spiro atoms. The summed E-state index contributed by atoms with van der Waals surface area (Å²) in [5.41, 5.74) is 13.5. The predicted octanol–water partition coefficient (Wildman–Crippen LogP) is 18.9. The summed E-state index contributed by atoms with van der Waals surface area (Å²) < 4.78 is 2.60. The third kappa shape index (κ3) is 5.73. The minimum Gasteiger partial charge on any atom is -0.309 e. The van der Waals surface area contributed by atoms with E-state index in [-0.39, 0.29) is 5.41 Å². The van der Waals surface area contributed by atoms with Crippen LogP contribution in [0, 0.1) is 0 Å². The molecule has 1 aliphatic carbocycles. The van der Waals surface area contributed by atoms with Gasteiger partial charge in [-0.25, -0.2) is 0 Å². The van der Waals surface area contributed by atoms with Crippen LogP contribution in [0.25, 0.3) is 107 Å². The van der Waals surface area contributed by atoms with Crippen LogP contribution >= 0.6 is 11.3 Å². The molecule has 1 nitrogen and oxygen atoms in total. The molecule has 13 aromatic rings. The van der Waals surface area contributed by atoms with Crippen molar-refractivity contribution in [3.8, 4) is 33.4 Å². The van der Waals surface area contributed by atoms with Crippen LogP contribution in [0.1, 0.15) is 25.0 Å². The zero-order valence-electron chi connectivity index (χ0n) is 37.2. The second-order valence-electron chi connectivity index (χ2n) is 18.8. The normalized spacial score (nSPS) is 13.0. The van der Waals surface area contributed by atoms with Crippen molar-refractivity contribution < 1.29 is 0 Å². The number of hydrogen-bond acceptors (Lipinski definition) is 2. The van der Waals surface area contributed by atoms with Crippen molar-refractivity contribution in [3.05, 3.63) is 236 Å². The molecule has 0 unspecified atom stereocenters. The Morgan fingerprint density at radius 3 is 1.75 bits per heavy atom. The van der Waals surface area contributed by atoms with E-state index in [9.17, 15) is 0 Å². The quantitative estimate of drug-likeness (QED) is 0.156. The monoisotopic (exact) mass is 869 g/mol. The fourth-order valence-corrected chi connectivity index (χ4v) is 12.7. The smallest absolute Gasteiger partial charge is 0.0624 e. The van der Waals surface area contributed by atoms with Crippen molar-refractivity contribution in [1.82, 2.24) is 0 Å². The molecule has 1 aliphatic rings. The number of benzene rings is 12. The average molecular weight is 870 g/mol. The first-order valence-electron chi connectivity index (χ1n) is 23.3. The lowest BCUT2D eigenvalue weighted by Crippen LogP contribution is -2.17. The minimum absolute atomic E-state index is 0.175. The maximum atomic E-state index is 2.59. The molecule has 0 atom stereocenters. The highest BCUT2D eigenvalue weighted by atomic mass is 32.1. The highest BCUT2D eigenvalue weighted by Gasteiger charge is 2.36. The number of hydrogen-bond donors (Lipinski definition) is 0. The molecule has 0 bridgehead atoms. The second-order valence-corrected chi connectivity index (χ2v) is 19.9. The molecule has 314 valence electrons. The van der Waals surface area contributed by atoms with Crippen molar-refractivity contribution in [1.29, 1.82) is 0 Å². The maximum absolute atomic E-state index is 2.59. The third-order valence-corrected chi connectivity index (χ3v) is 15.9. The van der Waals surface area contributed by atoms with Gasteiger partial charge >= 0.3 is 0 Å². The SMILES string of the molecule is CC1(C)c2ccccc2-c2ccc(N(c3ccc4c(ccc5ccccc54)c3)c3c(-c4ccc5sc6cc(-c7ccccc7)ccc6c5c4)ccc4c5ccccc5c5ccccc5c34)cc21. The van der Waals surface area contributed by atoms with Crippen LogP contribution in [0.2, 0.25) is 0 Å². The number of thiophene rings is 1. The summed E-state index contributed by atoms with van der Waals surface area (Å²) >= 11 is 1.88. The fraction of sp³-hybridized carbons (Fsp3) is 0.0462. The van der Waals surface area contributed by atoms with Crippen LogP contribution in [-0.4, -0.2) is 0 Å². The first-order valence-corrected chi connectivity index (χ1v) is 24.1. The van der Waals surface area contributed by atoms with E-state index in [0.717, 1.165) is 11.4 Å². The lowest BCUT2D eigenvalue weighted by atomic mass is 9.82. The molecule has 0 fully saturated rings. The Morgan fingerprint density at radius 2 is 0.910 bits per heavy atom. The average Bonchev–Trinajstić information content (AvgIpc) is 3.86. The summed E-state index contributed by atoms with van der Waals surface area (Å²) in [7, 11) is 0. The molecule has 1 heterocycles. The number of fused-ring (bicyclic) bond motifs is 15. The molecule has 1 aromatic heterocycles. The molecule has 12 aromatic carbocycles. The maximum Gasteiger partial charge on any atom is 0.0624 e. The van der Waals surface area contributed by atoms with Gasteiger partial charge in [0.15, 0.2) is 0 Å². The Bertz CT molecular complexity index is 4160. The van der Waals surface area contributed by atoms with Gasteiger partial charge in [-0.2, -0.15) is 0 Å². The van der Waals surface area contributed by atoms with Gasteiger partial charge in [-0.1, -0.05) is 196 Å². The van der Waals surface area contributed by atoms with E-state index in [0.29, 0.717) is 0 Å². The van der Waals surface area contributed by atoms with E-state index >= 15 is 0 Å². The molecule has 2 heteroatoms. The molecule has 0 N–H and O–H groups in total. The first-order chi connectivity index (χ1) is 33.0. The Kier molecular flexibility index (Phi) is 8.27. The van der Waals surface area contributed by atoms with Crippen LogP contribution in [0.5, 0.6) is 0 Å². The summed E-state index contributed by atoms with van der Waals surface area (Å²) in [6.07, 6.45) is 0. The number of rotatable bonds is 5. The summed E-state index contributed by atoms with van der Waals surface area (Å²) in [6, 6.07) is 84.3. The second kappa shape index (κ2) is 14.5. The van der Waals surface area contributed by atoms with E-state index in [4.69, 9.17) is 0 Å². The van der Waals surface area contributed by atoms with Gasteiger partial charge in [0.2, 0.25) is 0 Å². The van der Waals surface area contributed by atoms with Gasteiger partial charge in [0.1, 0.15) is 0 Å². The van der Waals surface area contributed by atoms with Gasteiger partial charge in [0.05, 0.1) is 5.69 Å². The lowest BCUT2D eigenvalue weighted by molar-refractivity contribution is 0.660. The van der Waals surface area contributed by atoms with Crippen LogP contribution in [0.15, 0.2) is 224 Å². The minimum atomic E-state index is -0.175. The van der Waals surface area contributed by atoms with Crippen molar-refractivity contribution in [2.24, 2.45) is 0 Å². The van der Waals surface area contributed by atoms with Gasteiger partial charge < -0.3 is 4.90 Å². The summed E-state index contributed by atoms with van der Waals surface area (Å²) in [5, 5.41) is 15.1. The molecule has 0 radical (unpaired) electrons. The predicted molar refractivity (Wildman–Crippen MR) is 290 cm³/mol. The van der Waals surface area contributed by atoms with Crippen molar-refractivity contribution in [2.75, 3.05) is 4.90 Å². The number of anilines is 3. The van der Waals surface area contributed by atoms with Crippen molar-refractivity contribution in [2.45, 2.75) is 19.3 Å². The Labute approximate surface area is 393 Å². The van der Waals surface area contributed by atoms with Gasteiger partial charge in [-0.3, -0.25) is 0 Å². The third-order valence-electron chi connectivity index (χ3n) is 14.8. The topological polar surface area (TPSA) is 3.24 Å². The number of nitrogens with zero attached hydrogens (tertiary/aromatic N) is 1. The summed E-state index contributed by atoms with van der Waals surface area (Å²) in [5.74, 6) is 0. The van der Waals surface area contributed by atoms with Crippen LogP contribution in [-0.2, 0) is 5.41 Å². The molecule has 0 saturated heterocycles. The Hall–Kier alpha value is -8.04. The molecular weight excluding hydrogens is 827 g/mol. The van der Waals surface area contributed by atoms with E-state index < -0.39 is 0 Å². The molecular formula is C65H43NS. The summed E-state index contributed by atoms with van der Waals surface area (Å²) in [4.78, 5) is 2.59. The van der Waals surface area contributed by atoms with Gasteiger partial charge in [-0.05, 0) is 130 Å². The highest BCUT2D eigenvalue weighted by Crippen LogP contribution is 2.54. The zero-order chi connectivity index (χ0) is 44.4. The lowest BCUT2D eigenvalue weighted by Gasteiger charge is -2.32. The van der Waals surface area contributed by atoms with Crippen LogP contribution < -0.4 is 4.90 Å². The first kappa shape index (κ1) is 38.3. The summed E-state index contributed by atoms with van der Waals surface area (Å²) in [6.45, 7) is 4.78. The van der Waals surface area contributed by atoms with E-state index in [1.807, 2.05) is 11.3 Å². The van der Waals surface area contributed by atoms with Crippen molar-refractivity contribution in [3.63, 3.8) is 0 Å². The van der Waals surface area contributed by atoms with Crippen molar-refractivity contribution >= 4 is 102 Å². The Balaban J connectivity index is 1.09. The van der Waals surface area contributed by atoms with Crippen LogP contribution in [0.4, 0.5) is 17.1 Å². The molecule has 0 amide bonds. The van der Waals surface area contributed by atoms with E-state index in [1.165, 1.54) is 124 Å². The fourth-order valence-electron chi connectivity index (χ4n) is 11.6. The van der Waals surface area contributed by atoms with Gasteiger partial charge in [-0.15, -0.1) is 11.3 Å². The van der Waals surface area contributed by atoms with Gasteiger partial charge in [0, 0.05) is 47.9 Å². The molecule has 14 rings (SSSR count). The van der Waals surface area contributed by atoms with Gasteiger partial charge in [0.25, 0.3) is 0 Å². The standard InChI is InChI=1S/C65H43NS/c1-65(2)59-23-13-12-21-53(59)54-32-29-46(39-60(54)65)66(45-28-31-48-43(36-45)25-24-41-16-6-7-17-47(41)48)64-49(33-34-57-52-20-9-8-18-50(52)51-19-10-11-22-56(51)63(57)64)44-27-35-61-58(37-44)55-30-26-42(38-62(55)67-61)40-14-4-3-5-15-40/h3-39H,1-2H3. The Morgan fingerprint density at radius 1 is 0.328 bits per heavy atom. The molecule has 0 saturated carbocycles. The molecule has 67 heavy (non-hydrogen) atoms. The van der Waals surface area contributed by atoms with E-state index in [1.54, 1.807) is 0 Å². The highest BCUT2D eigenvalue weighted by molar-refractivity contribution is 7.25. The largest absolute Gasteiger partial charge is 0.309 e. The van der Waals surface area contributed by atoms with E-state index in [2.05, 4.69) is 243 Å². The molecule has 0 aliphatic heterocycles. The van der Waals surface area contributed by atoms with Crippen LogP contribution in [0.3, 0.4) is 0 Å². The zero-order valence-corrected chi connectivity index (χ0v) is 38.0.